The Morgan fingerprint density at radius 1 is 1.36 bits per heavy atom. The van der Waals surface area contributed by atoms with Crippen molar-refractivity contribution in [1.82, 2.24) is 4.90 Å². The van der Waals surface area contributed by atoms with Crippen LogP contribution in [0.25, 0.3) is 0 Å². The number of nitrogens with zero attached hydrogens (tertiary/aromatic N) is 1. The molecule has 2 unspecified atom stereocenters. The Kier molecular flexibility index (Phi) is 4.99. The van der Waals surface area contributed by atoms with Gasteiger partial charge >= 0.3 is 5.97 Å². The Bertz CT molecular complexity index is 655. The van der Waals surface area contributed by atoms with Crippen LogP contribution in [0.3, 0.4) is 0 Å². The van der Waals surface area contributed by atoms with Crippen molar-refractivity contribution in [3.8, 4) is 5.75 Å². The molecule has 2 saturated carbocycles. The fraction of sp³-hybridized carbons (Fsp3) is 0.579. The van der Waals surface area contributed by atoms with E-state index in [1.165, 1.54) is 6.42 Å². The Balaban J connectivity index is 1.69. The number of carboxylic acid groups (broad SMARTS) is 1. The number of hydrogen-bond acceptors (Lipinski definition) is 4. The van der Waals surface area contributed by atoms with Crippen LogP contribution in [0, 0.1) is 5.41 Å². The van der Waals surface area contributed by atoms with Gasteiger partial charge in [0.15, 0.2) is 6.61 Å². The average Bonchev–Trinajstić information content (AvgIpc) is 2.54. The lowest BCUT2D eigenvalue weighted by Gasteiger charge is -2.63. The highest BCUT2D eigenvalue weighted by molar-refractivity contribution is 5.94. The zero-order valence-corrected chi connectivity index (χ0v) is 14.7. The Morgan fingerprint density at radius 3 is 2.72 bits per heavy atom. The molecule has 0 radical (unpaired) electrons. The van der Waals surface area contributed by atoms with Crippen molar-refractivity contribution in [1.29, 1.82) is 0 Å². The summed E-state index contributed by atoms with van der Waals surface area (Å²) in [6.45, 7) is 2.30. The monoisotopic (exact) mass is 347 g/mol. The second kappa shape index (κ2) is 7.04. The molecule has 1 aromatic carbocycles. The van der Waals surface area contributed by atoms with Gasteiger partial charge in [-0.05, 0) is 44.4 Å². The fourth-order valence-electron chi connectivity index (χ4n) is 4.15. The van der Waals surface area contributed by atoms with Gasteiger partial charge < -0.3 is 19.5 Å². The average molecular weight is 347 g/mol. The van der Waals surface area contributed by atoms with Crippen molar-refractivity contribution >= 4 is 11.9 Å². The number of carbonyl (C=O) groups is 2. The van der Waals surface area contributed by atoms with Crippen LogP contribution in [0.5, 0.6) is 5.75 Å². The lowest BCUT2D eigenvalue weighted by Crippen LogP contribution is -2.67. The molecule has 1 spiro atoms. The molecule has 0 aliphatic heterocycles. The van der Waals surface area contributed by atoms with Crippen molar-refractivity contribution in [3.05, 3.63) is 29.8 Å². The molecule has 2 aliphatic rings. The number of carboxylic acids is 1. The van der Waals surface area contributed by atoms with E-state index in [0.29, 0.717) is 17.9 Å². The third kappa shape index (κ3) is 3.23. The van der Waals surface area contributed by atoms with Crippen LogP contribution in [-0.2, 0) is 9.53 Å². The zero-order valence-electron chi connectivity index (χ0n) is 14.7. The zero-order chi connectivity index (χ0) is 18.0. The number of hydrogen-bond donors (Lipinski definition) is 1. The summed E-state index contributed by atoms with van der Waals surface area (Å²) in [5.74, 6) is -0.718. The van der Waals surface area contributed by atoms with Crippen LogP contribution < -0.4 is 4.74 Å². The number of rotatable bonds is 7. The molecule has 0 heterocycles. The molecule has 6 nitrogen and oxygen atoms in total. The predicted molar refractivity (Wildman–Crippen MR) is 91.8 cm³/mol. The number of ether oxygens (including phenoxy) is 2. The minimum Gasteiger partial charge on any atom is -0.482 e. The lowest BCUT2D eigenvalue weighted by atomic mass is 9.50. The molecule has 2 aliphatic carbocycles. The van der Waals surface area contributed by atoms with Crippen molar-refractivity contribution in [2.45, 2.75) is 44.8 Å². The first kappa shape index (κ1) is 17.7. The van der Waals surface area contributed by atoms with Crippen LogP contribution in [0.1, 0.15) is 43.0 Å². The van der Waals surface area contributed by atoms with Gasteiger partial charge in [-0.1, -0.05) is 12.5 Å². The fourth-order valence-corrected chi connectivity index (χ4v) is 4.15. The van der Waals surface area contributed by atoms with Crippen molar-refractivity contribution in [3.63, 3.8) is 0 Å². The maximum Gasteiger partial charge on any atom is 0.341 e. The van der Waals surface area contributed by atoms with Crippen LogP contribution in [0.2, 0.25) is 0 Å². The van der Waals surface area contributed by atoms with E-state index >= 15 is 0 Å². The van der Waals surface area contributed by atoms with Gasteiger partial charge in [0.25, 0.3) is 5.91 Å². The summed E-state index contributed by atoms with van der Waals surface area (Å²) in [7, 11) is 1.85. The number of carbonyl (C=O) groups excluding carboxylic acids is 1. The highest BCUT2D eigenvalue weighted by Gasteiger charge is 2.60. The van der Waals surface area contributed by atoms with E-state index < -0.39 is 12.6 Å². The summed E-state index contributed by atoms with van der Waals surface area (Å²) in [5.41, 5.74) is 0.636. The molecular formula is C19H25NO5. The summed E-state index contributed by atoms with van der Waals surface area (Å²) in [4.78, 5) is 25.3. The summed E-state index contributed by atoms with van der Waals surface area (Å²) in [6.07, 6.45) is 4.56. The second-order valence-corrected chi connectivity index (χ2v) is 6.91. The van der Waals surface area contributed by atoms with E-state index in [4.69, 9.17) is 14.6 Å². The van der Waals surface area contributed by atoms with Gasteiger partial charge in [0.2, 0.25) is 0 Å². The molecule has 6 heteroatoms. The van der Waals surface area contributed by atoms with Crippen LogP contribution >= 0.6 is 0 Å². The molecule has 2 fully saturated rings. The summed E-state index contributed by atoms with van der Waals surface area (Å²) in [6, 6.07) is 6.91. The molecule has 136 valence electrons. The normalized spacial score (nSPS) is 23.4. The van der Waals surface area contributed by atoms with E-state index in [-0.39, 0.29) is 23.5 Å². The smallest absolute Gasteiger partial charge is 0.341 e. The molecule has 0 bridgehead atoms. The van der Waals surface area contributed by atoms with E-state index in [9.17, 15) is 9.59 Å². The number of benzene rings is 1. The first-order chi connectivity index (χ1) is 12.0. The first-order valence-corrected chi connectivity index (χ1v) is 8.81. The number of aliphatic carboxylic acids is 1. The maximum atomic E-state index is 12.9. The lowest BCUT2D eigenvalue weighted by molar-refractivity contribution is -0.192. The summed E-state index contributed by atoms with van der Waals surface area (Å²) < 4.78 is 11.0. The molecule has 3 rings (SSSR count). The van der Waals surface area contributed by atoms with Gasteiger partial charge in [-0.3, -0.25) is 4.79 Å². The van der Waals surface area contributed by atoms with Gasteiger partial charge in [0.05, 0.1) is 6.10 Å². The van der Waals surface area contributed by atoms with Crippen molar-refractivity contribution in [2.24, 2.45) is 5.41 Å². The van der Waals surface area contributed by atoms with Gasteiger partial charge in [-0.2, -0.15) is 0 Å². The maximum absolute atomic E-state index is 12.9. The van der Waals surface area contributed by atoms with Gasteiger partial charge in [-0.15, -0.1) is 0 Å². The summed E-state index contributed by atoms with van der Waals surface area (Å²) >= 11 is 0. The van der Waals surface area contributed by atoms with E-state index in [0.717, 1.165) is 19.3 Å². The molecule has 0 saturated heterocycles. The molecule has 1 amide bonds. The van der Waals surface area contributed by atoms with Crippen LogP contribution in [0.4, 0.5) is 0 Å². The van der Waals surface area contributed by atoms with Crippen LogP contribution in [-0.4, -0.2) is 54.3 Å². The van der Waals surface area contributed by atoms with E-state index in [1.54, 1.807) is 24.3 Å². The molecule has 1 N–H and O–H groups in total. The highest BCUT2D eigenvalue weighted by Crippen LogP contribution is 2.59. The highest BCUT2D eigenvalue weighted by atomic mass is 16.5. The first-order valence-electron chi connectivity index (χ1n) is 8.81. The van der Waals surface area contributed by atoms with Gasteiger partial charge in [0.1, 0.15) is 5.75 Å². The number of amides is 1. The SMILES string of the molecule is CCOC1CC(N(C)C(=O)c2cccc(OCC(=O)O)c2)C12CCC2. The standard InChI is InChI=1S/C19H25NO5/c1-3-24-16-11-15(19(16)8-5-9-19)20(2)18(23)13-6-4-7-14(10-13)25-12-17(21)22/h4,6-7,10,15-16H,3,5,8-9,11-12H2,1-2H3,(H,21,22). The second-order valence-electron chi connectivity index (χ2n) is 6.91. The van der Waals surface area contributed by atoms with Crippen molar-refractivity contribution < 1.29 is 24.2 Å². The van der Waals surface area contributed by atoms with Gasteiger partial charge in [0, 0.05) is 30.7 Å². The molecule has 0 aromatic heterocycles. The minimum absolute atomic E-state index is 0.0630. The quantitative estimate of drug-likeness (QED) is 0.820. The Hall–Kier alpha value is -2.08. The van der Waals surface area contributed by atoms with Crippen LogP contribution in [0.15, 0.2) is 24.3 Å². The third-order valence-corrected chi connectivity index (χ3v) is 5.63. The minimum atomic E-state index is -1.04. The van der Waals surface area contributed by atoms with Crippen molar-refractivity contribution in [2.75, 3.05) is 20.3 Å². The molecule has 2 atom stereocenters. The largest absolute Gasteiger partial charge is 0.482 e. The molecular weight excluding hydrogens is 322 g/mol. The predicted octanol–water partition coefficient (Wildman–Crippen LogP) is 2.57. The van der Waals surface area contributed by atoms with E-state index in [2.05, 4.69) is 0 Å². The van der Waals surface area contributed by atoms with Gasteiger partial charge in [-0.25, -0.2) is 4.79 Å². The molecule has 25 heavy (non-hydrogen) atoms. The Labute approximate surface area is 147 Å². The Morgan fingerprint density at radius 2 is 2.12 bits per heavy atom. The van der Waals surface area contributed by atoms with E-state index in [1.807, 2.05) is 18.9 Å². The molecule has 1 aromatic rings. The third-order valence-electron chi connectivity index (χ3n) is 5.63. The topological polar surface area (TPSA) is 76.1 Å². The summed E-state index contributed by atoms with van der Waals surface area (Å²) in [5, 5.41) is 8.70.